The van der Waals surface area contributed by atoms with Gasteiger partial charge in [-0.25, -0.2) is 4.79 Å². The molecule has 1 saturated heterocycles. The van der Waals surface area contributed by atoms with Crippen LogP contribution < -0.4 is 11.0 Å². The van der Waals surface area contributed by atoms with Crippen LogP contribution in [0.25, 0.3) is 0 Å². The van der Waals surface area contributed by atoms with E-state index in [1.54, 1.807) is 13.8 Å². The molecule has 2 amide bonds. The number of aromatic amines is 2. The maximum absolute atomic E-state index is 12.1. The second-order valence-electron chi connectivity index (χ2n) is 4.43. The Labute approximate surface area is 97.2 Å². The van der Waals surface area contributed by atoms with Gasteiger partial charge in [0.25, 0.3) is 5.91 Å². The van der Waals surface area contributed by atoms with E-state index >= 15 is 0 Å². The number of piperazine rings is 1. The highest BCUT2D eigenvalue weighted by molar-refractivity contribution is 5.98. The highest BCUT2D eigenvalue weighted by Crippen LogP contribution is 2.19. The van der Waals surface area contributed by atoms with Gasteiger partial charge in [0.15, 0.2) is 0 Å². The van der Waals surface area contributed by atoms with Gasteiger partial charge in [-0.2, -0.15) is 0 Å². The minimum absolute atomic E-state index is 0.165. The van der Waals surface area contributed by atoms with E-state index in [4.69, 9.17) is 0 Å². The van der Waals surface area contributed by atoms with Gasteiger partial charge in [0.05, 0.1) is 0 Å². The Morgan fingerprint density at radius 1 is 1.41 bits per heavy atom. The molecule has 1 aliphatic heterocycles. The van der Waals surface area contributed by atoms with Gasteiger partial charge in [0, 0.05) is 19.3 Å². The Kier molecular flexibility index (Phi) is 2.53. The first-order valence-corrected chi connectivity index (χ1v) is 5.31. The smallest absolute Gasteiger partial charge is 0.323 e. The largest absolute Gasteiger partial charge is 0.352 e. The Balaban J connectivity index is 2.30. The minimum Gasteiger partial charge on any atom is -0.352 e. The number of hydrogen-bond acceptors (Lipinski definition) is 3. The normalized spacial score (nSPS) is 18.9. The standard InChI is InChI=1S/C10H14N4O3/c1-10(2)8(16)11-3-4-14(10)7(15)6-5-12-9(17)13-6/h5H,3-4H2,1-2H3,(H,11,16)(H2,12,13,17). The molecule has 1 aliphatic rings. The van der Waals surface area contributed by atoms with Crippen molar-refractivity contribution in [2.45, 2.75) is 19.4 Å². The molecule has 17 heavy (non-hydrogen) atoms. The fourth-order valence-electron chi connectivity index (χ4n) is 1.85. The molecule has 0 unspecified atom stereocenters. The maximum atomic E-state index is 12.1. The lowest BCUT2D eigenvalue weighted by molar-refractivity contribution is -0.133. The van der Waals surface area contributed by atoms with Crippen LogP contribution in [-0.2, 0) is 4.79 Å². The third-order valence-corrected chi connectivity index (χ3v) is 2.92. The number of carbonyl (C=O) groups is 2. The van der Waals surface area contributed by atoms with E-state index in [9.17, 15) is 14.4 Å². The van der Waals surface area contributed by atoms with Gasteiger partial charge in [-0.05, 0) is 13.8 Å². The van der Waals surface area contributed by atoms with Crippen LogP contribution in [0.4, 0.5) is 0 Å². The van der Waals surface area contributed by atoms with Crippen LogP contribution in [0.3, 0.4) is 0 Å². The summed E-state index contributed by atoms with van der Waals surface area (Å²) < 4.78 is 0. The number of nitrogens with zero attached hydrogens (tertiary/aromatic N) is 1. The van der Waals surface area contributed by atoms with Crippen molar-refractivity contribution in [1.82, 2.24) is 20.2 Å². The molecule has 3 N–H and O–H groups in total. The van der Waals surface area contributed by atoms with Gasteiger partial charge in [0.2, 0.25) is 5.91 Å². The van der Waals surface area contributed by atoms with Crippen molar-refractivity contribution >= 4 is 11.8 Å². The molecule has 7 nitrogen and oxygen atoms in total. The lowest BCUT2D eigenvalue weighted by Crippen LogP contribution is -2.63. The van der Waals surface area contributed by atoms with Crippen LogP contribution in [-0.4, -0.2) is 45.3 Å². The third-order valence-electron chi connectivity index (χ3n) is 2.92. The zero-order chi connectivity index (χ0) is 12.6. The molecule has 1 aromatic rings. The Bertz CT molecular complexity index is 514. The first-order chi connectivity index (χ1) is 7.93. The summed E-state index contributed by atoms with van der Waals surface area (Å²) in [7, 11) is 0. The van der Waals surface area contributed by atoms with Crippen molar-refractivity contribution in [1.29, 1.82) is 0 Å². The first-order valence-electron chi connectivity index (χ1n) is 5.31. The number of hydrogen-bond donors (Lipinski definition) is 3. The van der Waals surface area contributed by atoms with Gasteiger partial charge >= 0.3 is 5.69 Å². The van der Waals surface area contributed by atoms with E-state index < -0.39 is 11.2 Å². The molecule has 0 radical (unpaired) electrons. The summed E-state index contributed by atoms with van der Waals surface area (Å²) in [4.78, 5) is 41.0. The van der Waals surface area contributed by atoms with E-state index in [1.165, 1.54) is 11.1 Å². The zero-order valence-corrected chi connectivity index (χ0v) is 9.66. The summed E-state index contributed by atoms with van der Waals surface area (Å²) in [5.41, 5.74) is -1.19. The van der Waals surface area contributed by atoms with E-state index in [-0.39, 0.29) is 17.5 Å². The number of H-pyrrole nitrogens is 2. The molecule has 0 spiro atoms. The van der Waals surface area contributed by atoms with Crippen molar-refractivity contribution in [3.63, 3.8) is 0 Å². The van der Waals surface area contributed by atoms with E-state index in [1.807, 2.05) is 0 Å². The number of imidazole rings is 1. The topological polar surface area (TPSA) is 98.1 Å². The van der Waals surface area contributed by atoms with Gasteiger partial charge in [0.1, 0.15) is 11.2 Å². The predicted molar refractivity (Wildman–Crippen MR) is 59.5 cm³/mol. The predicted octanol–water partition coefficient (Wildman–Crippen LogP) is -0.946. The number of carbonyl (C=O) groups excluding carboxylic acids is 2. The summed E-state index contributed by atoms with van der Waals surface area (Å²) in [5.74, 6) is -0.557. The van der Waals surface area contributed by atoms with Crippen LogP contribution in [0.1, 0.15) is 24.3 Å². The molecule has 0 saturated carbocycles. The summed E-state index contributed by atoms with van der Waals surface area (Å²) in [6, 6.07) is 0. The molecular weight excluding hydrogens is 224 g/mol. The van der Waals surface area contributed by atoms with Crippen LogP contribution in [0.5, 0.6) is 0 Å². The van der Waals surface area contributed by atoms with Crippen molar-refractivity contribution < 1.29 is 9.59 Å². The SMILES string of the molecule is CC1(C)C(=O)NCCN1C(=O)c1c[nH]c(=O)[nH]1. The highest BCUT2D eigenvalue weighted by Gasteiger charge is 2.41. The van der Waals surface area contributed by atoms with Crippen LogP contribution in [0.15, 0.2) is 11.0 Å². The Morgan fingerprint density at radius 2 is 2.12 bits per heavy atom. The summed E-state index contributed by atoms with van der Waals surface area (Å²) in [5, 5.41) is 2.70. The average molecular weight is 238 g/mol. The quantitative estimate of drug-likeness (QED) is 0.588. The Hall–Kier alpha value is -2.05. The second kappa shape index (κ2) is 3.76. The molecule has 0 bridgehead atoms. The van der Waals surface area contributed by atoms with Crippen LogP contribution >= 0.6 is 0 Å². The molecule has 2 heterocycles. The van der Waals surface area contributed by atoms with Gasteiger partial charge < -0.3 is 20.2 Å². The van der Waals surface area contributed by atoms with Crippen molar-refractivity contribution in [3.8, 4) is 0 Å². The van der Waals surface area contributed by atoms with E-state index in [0.29, 0.717) is 13.1 Å². The lowest BCUT2D eigenvalue weighted by Gasteiger charge is -2.40. The monoisotopic (exact) mass is 238 g/mol. The van der Waals surface area contributed by atoms with Crippen molar-refractivity contribution in [3.05, 3.63) is 22.4 Å². The zero-order valence-electron chi connectivity index (χ0n) is 9.66. The number of nitrogens with one attached hydrogen (secondary N) is 3. The molecule has 1 fully saturated rings. The fourth-order valence-corrected chi connectivity index (χ4v) is 1.85. The average Bonchev–Trinajstić information content (AvgIpc) is 2.68. The molecule has 0 aromatic carbocycles. The highest BCUT2D eigenvalue weighted by atomic mass is 16.2. The van der Waals surface area contributed by atoms with Gasteiger partial charge in [-0.1, -0.05) is 0 Å². The summed E-state index contributed by atoms with van der Waals surface area (Å²) in [6.45, 7) is 4.18. The lowest BCUT2D eigenvalue weighted by atomic mass is 9.98. The summed E-state index contributed by atoms with van der Waals surface area (Å²) in [6.07, 6.45) is 1.31. The van der Waals surface area contributed by atoms with Crippen LogP contribution in [0.2, 0.25) is 0 Å². The number of amides is 2. The third kappa shape index (κ3) is 1.83. The summed E-state index contributed by atoms with van der Waals surface area (Å²) >= 11 is 0. The van der Waals surface area contributed by atoms with Gasteiger partial charge in [-0.3, -0.25) is 9.59 Å². The molecule has 0 atom stereocenters. The van der Waals surface area contributed by atoms with E-state index in [0.717, 1.165) is 0 Å². The first kappa shape index (κ1) is 11.4. The van der Waals surface area contributed by atoms with Crippen molar-refractivity contribution in [2.75, 3.05) is 13.1 Å². The number of aromatic nitrogens is 2. The fraction of sp³-hybridized carbons (Fsp3) is 0.500. The number of rotatable bonds is 1. The molecular formula is C10H14N4O3. The van der Waals surface area contributed by atoms with Crippen LogP contribution in [0, 0.1) is 0 Å². The maximum Gasteiger partial charge on any atom is 0.323 e. The second-order valence-corrected chi connectivity index (χ2v) is 4.43. The molecule has 2 rings (SSSR count). The molecule has 0 aliphatic carbocycles. The van der Waals surface area contributed by atoms with Gasteiger partial charge in [-0.15, -0.1) is 0 Å². The molecule has 92 valence electrons. The Morgan fingerprint density at radius 3 is 2.71 bits per heavy atom. The molecule has 7 heteroatoms. The molecule has 1 aromatic heterocycles. The van der Waals surface area contributed by atoms with E-state index in [2.05, 4.69) is 15.3 Å². The minimum atomic E-state index is -0.913. The van der Waals surface area contributed by atoms with Crippen molar-refractivity contribution in [2.24, 2.45) is 0 Å².